The maximum Gasteiger partial charge on any atom is 0.329 e. The fraction of sp³-hybridized carbons (Fsp3) is 0.238. The van der Waals surface area contributed by atoms with Gasteiger partial charge in [-0.2, -0.15) is 5.10 Å². The number of aromatic amines is 1. The first-order chi connectivity index (χ1) is 13.5. The lowest BCUT2D eigenvalue weighted by molar-refractivity contribution is 0.312. The summed E-state index contributed by atoms with van der Waals surface area (Å²) in [5.74, 6) is 0.0636. The number of aryl methyl sites for hydroxylation is 1. The Labute approximate surface area is 160 Å². The monoisotopic (exact) mass is 377 g/mol. The van der Waals surface area contributed by atoms with Crippen LogP contribution in [0.1, 0.15) is 25.3 Å². The van der Waals surface area contributed by atoms with E-state index in [0.29, 0.717) is 5.82 Å². The molecular formula is C21H20FN5O. The zero-order valence-corrected chi connectivity index (χ0v) is 15.4. The summed E-state index contributed by atoms with van der Waals surface area (Å²) in [6, 6.07) is 12.4. The lowest BCUT2D eigenvalue weighted by Crippen LogP contribution is -2.29. The van der Waals surface area contributed by atoms with Gasteiger partial charge in [-0.15, -0.1) is 0 Å². The minimum absolute atomic E-state index is 0.00998. The van der Waals surface area contributed by atoms with Gasteiger partial charge in [-0.25, -0.2) is 9.18 Å². The molecule has 2 aromatic heterocycles. The van der Waals surface area contributed by atoms with E-state index in [4.69, 9.17) is 5.73 Å². The predicted molar refractivity (Wildman–Crippen MR) is 107 cm³/mol. The number of benzene rings is 2. The molecule has 2 aromatic carbocycles. The summed E-state index contributed by atoms with van der Waals surface area (Å²) in [4.78, 5) is 12.8. The summed E-state index contributed by atoms with van der Waals surface area (Å²) in [5, 5.41) is 7.11. The highest BCUT2D eigenvalue weighted by molar-refractivity contribution is 5.92. The minimum atomic E-state index is -0.299. The molecule has 1 aliphatic rings. The van der Waals surface area contributed by atoms with E-state index >= 15 is 0 Å². The first kappa shape index (κ1) is 16.8. The standard InChI is InChI=1S/C21H20FN5O/c1-26-17-11-13(7-10-16(17)27(21(26)28)15-3-2-4-15)18-19(24-25-20(18)23)12-5-8-14(22)9-6-12/h5-11,15H,2-4H2,1H3,(H3,23,24,25). The zero-order valence-electron chi connectivity index (χ0n) is 15.4. The SMILES string of the molecule is Cn1c(=O)n(C2CCC2)c2ccc(-c3c(N)n[nH]c3-c3ccc(F)cc3)cc21. The molecule has 6 nitrogen and oxygen atoms in total. The number of nitrogens with one attached hydrogen (secondary N) is 1. The molecule has 0 spiro atoms. The molecule has 0 radical (unpaired) electrons. The summed E-state index contributed by atoms with van der Waals surface area (Å²) < 4.78 is 16.9. The van der Waals surface area contributed by atoms with Gasteiger partial charge in [-0.3, -0.25) is 14.2 Å². The highest BCUT2D eigenvalue weighted by Crippen LogP contribution is 2.37. The van der Waals surface area contributed by atoms with Crippen LogP contribution in [0.4, 0.5) is 10.2 Å². The highest BCUT2D eigenvalue weighted by Gasteiger charge is 2.25. The quantitative estimate of drug-likeness (QED) is 0.569. The third kappa shape index (κ3) is 2.39. The number of nitrogens with two attached hydrogens (primary N) is 1. The largest absolute Gasteiger partial charge is 0.382 e. The Morgan fingerprint density at radius 3 is 2.50 bits per heavy atom. The van der Waals surface area contributed by atoms with Crippen molar-refractivity contribution in [3.05, 3.63) is 58.8 Å². The average Bonchev–Trinajstić information content (AvgIpc) is 3.15. The molecule has 0 saturated heterocycles. The Morgan fingerprint density at radius 1 is 1.11 bits per heavy atom. The molecule has 1 saturated carbocycles. The summed E-state index contributed by atoms with van der Waals surface area (Å²) in [7, 11) is 1.79. The van der Waals surface area contributed by atoms with Crippen LogP contribution in [0.2, 0.25) is 0 Å². The average molecular weight is 377 g/mol. The first-order valence-corrected chi connectivity index (χ1v) is 9.35. The van der Waals surface area contributed by atoms with Crippen LogP contribution in [0, 0.1) is 5.82 Å². The van der Waals surface area contributed by atoms with Crippen LogP contribution >= 0.6 is 0 Å². The van der Waals surface area contributed by atoms with E-state index in [2.05, 4.69) is 10.2 Å². The van der Waals surface area contributed by atoms with Gasteiger partial charge in [0, 0.05) is 18.7 Å². The van der Waals surface area contributed by atoms with E-state index in [0.717, 1.165) is 52.7 Å². The molecule has 7 heteroatoms. The molecular weight excluding hydrogens is 357 g/mol. The normalized spacial score (nSPS) is 14.5. The summed E-state index contributed by atoms with van der Waals surface area (Å²) >= 11 is 0. The van der Waals surface area contributed by atoms with Crippen molar-refractivity contribution in [3.63, 3.8) is 0 Å². The number of anilines is 1. The Morgan fingerprint density at radius 2 is 1.82 bits per heavy atom. The maximum absolute atomic E-state index is 13.3. The Hall–Kier alpha value is -3.35. The van der Waals surface area contributed by atoms with Crippen molar-refractivity contribution in [1.82, 2.24) is 19.3 Å². The number of fused-ring (bicyclic) bond motifs is 1. The van der Waals surface area contributed by atoms with Gasteiger partial charge in [-0.05, 0) is 61.2 Å². The number of imidazole rings is 1. The van der Waals surface area contributed by atoms with E-state index in [1.807, 2.05) is 22.8 Å². The number of halogens is 1. The number of rotatable bonds is 3. The maximum atomic E-state index is 13.3. The summed E-state index contributed by atoms with van der Waals surface area (Å²) in [5.41, 5.74) is 11.1. The van der Waals surface area contributed by atoms with Gasteiger partial charge < -0.3 is 5.73 Å². The van der Waals surface area contributed by atoms with E-state index < -0.39 is 0 Å². The van der Waals surface area contributed by atoms with Gasteiger partial charge in [0.2, 0.25) is 0 Å². The molecule has 28 heavy (non-hydrogen) atoms. The van der Waals surface area contributed by atoms with E-state index in [1.165, 1.54) is 12.1 Å². The van der Waals surface area contributed by atoms with E-state index in [9.17, 15) is 9.18 Å². The highest BCUT2D eigenvalue weighted by atomic mass is 19.1. The van der Waals surface area contributed by atoms with Crippen LogP contribution in [0.3, 0.4) is 0 Å². The number of nitrogen functional groups attached to an aromatic ring is 1. The summed E-state index contributed by atoms with van der Waals surface area (Å²) in [6.07, 6.45) is 3.26. The van der Waals surface area contributed by atoms with Crippen LogP contribution in [0.5, 0.6) is 0 Å². The van der Waals surface area contributed by atoms with Crippen molar-refractivity contribution in [3.8, 4) is 22.4 Å². The third-order valence-corrected chi connectivity index (χ3v) is 5.75. The molecule has 0 unspecified atom stereocenters. The van der Waals surface area contributed by atoms with Gasteiger partial charge in [0.1, 0.15) is 5.82 Å². The van der Waals surface area contributed by atoms with Gasteiger partial charge in [0.15, 0.2) is 5.82 Å². The zero-order chi connectivity index (χ0) is 19.4. The summed E-state index contributed by atoms with van der Waals surface area (Å²) in [6.45, 7) is 0. The van der Waals surface area contributed by atoms with Gasteiger partial charge in [0.25, 0.3) is 0 Å². The van der Waals surface area contributed by atoms with E-state index in [1.54, 1.807) is 23.7 Å². The molecule has 0 atom stereocenters. The van der Waals surface area contributed by atoms with Crippen molar-refractivity contribution in [2.24, 2.45) is 7.05 Å². The van der Waals surface area contributed by atoms with Gasteiger partial charge in [0.05, 0.1) is 22.3 Å². The van der Waals surface area contributed by atoms with Crippen molar-refractivity contribution in [2.75, 3.05) is 5.73 Å². The molecule has 2 heterocycles. The van der Waals surface area contributed by atoms with Crippen molar-refractivity contribution < 1.29 is 4.39 Å². The van der Waals surface area contributed by atoms with Gasteiger partial charge in [-0.1, -0.05) is 6.07 Å². The minimum Gasteiger partial charge on any atom is -0.382 e. The van der Waals surface area contributed by atoms with Crippen LogP contribution in [0.15, 0.2) is 47.3 Å². The fourth-order valence-electron chi connectivity index (χ4n) is 3.99. The molecule has 3 N–H and O–H groups in total. The van der Waals surface area contributed by atoms with Crippen LogP contribution < -0.4 is 11.4 Å². The molecule has 0 bridgehead atoms. The van der Waals surface area contributed by atoms with Crippen molar-refractivity contribution in [1.29, 1.82) is 0 Å². The van der Waals surface area contributed by atoms with E-state index in [-0.39, 0.29) is 17.5 Å². The first-order valence-electron chi connectivity index (χ1n) is 9.35. The van der Waals surface area contributed by atoms with Crippen molar-refractivity contribution in [2.45, 2.75) is 25.3 Å². The molecule has 5 rings (SSSR count). The number of hydrogen-bond donors (Lipinski definition) is 2. The molecule has 0 amide bonds. The predicted octanol–water partition coefficient (Wildman–Crippen LogP) is 3.84. The lowest BCUT2D eigenvalue weighted by Gasteiger charge is -2.26. The second-order valence-electron chi connectivity index (χ2n) is 7.37. The molecule has 142 valence electrons. The van der Waals surface area contributed by atoms with Crippen LogP contribution in [-0.2, 0) is 7.05 Å². The number of hydrogen-bond acceptors (Lipinski definition) is 3. The molecule has 4 aromatic rings. The molecule has 1 fully saturated rings. The van der Waals surface area contributed by atoms with Crippen LogP contribution in [-0.4, -0.2) is 19.3 Å². The number of aromatic nitrogens is 4. The van der Waals surface area contributed by atoms with Crippen LogP contribution in [0.25, 0.3) is 33.4 Å². The van der Waals surface area contributed by atoms with Gasteiger partial charge >= 0.3 is 5.69 Å². The second kappa shape index (κ2) is 6.09. The number of H-pyrrole nitrogens is 1. The Bertz CT molecular complexity index is 1240. The fourth-order valence-corrected chi connectivity index (χ4v) is 3.99. The lowest BCUT2D eigenvalue weighted by atomic mass is 9.92. The third-order valence-electron chi connectivity index (χ3n) is 5.75. The van der Waals surface area contributed by atoms with Crippen molar-refractivity contribution >= 4 is 16.9 Å². The molecule has 0 aliphatic heterocycles. The number of nitrogens with zero attached hydrogens (tertiary/aromatic N) is 3. The topological polar surface area (TPSA) is 81.6 Å². The Kier molecular flexibility index (Phi) is 3.65. The Balaban J connectivity index is 1.69. The molecule has 1 aliphatic carbocycles. The second-order valence-corrected chi connectivity index (χ2v) is 7.37. The smallest absolute Gasteiger partial charge is 0.329 e.